The standard InChI is InChI=1S/C14H19N3O2/c1-14(2,19)9-17(3)8-12-15-11-7-5-4-6-10(11)13(18)16-12/h4-7,19H,8-9H2,1-3H3,(H,15,16,18). The van der Waals surface area contributed by atoms with Gasteiger partial charge in [0.05, 0.1) is 23.0 Å². The second-order valence-corrected chi connectivity index (χ2v) is 5.51. The van der Waals surface area contributed by atoms with Gasteiger partial charge in [0.2, 0.25) is 0 Å². The molecule has 0 atom stereocenters. The Labute approximate surface area is 111 Å². The molecule has 0 aliphatic heterocycles. The Hall–Kier alpha value is -1.72. The molecule has 2 rings (SSSR count). The van der Waals surface area contributed by atoms with Gasteiger partial charge < -0.3 is 10.1 Å². The molecule has 0 saturated heterocycles. The van der Waals surface area contributed by atoms with Crippen molar-refractivity contribution >= 4 is 10.9 Å². The molecule has 0 radical (unpaired) electrons. The van der Waals surface area contributed by atoms with Crippen LogP contribution in [0.2, 0.25) is 0 Å². The summed E-state index contributed by atoms with van der Waals surface area (Å²) in [7, 11) is 1.88. The first-order valence-corrected chi connectivity index (χ1v) is 6.24. The number of para-hydroxylation sites is 1. The summed E-state index contributed by atoms with van der Waals surface area (Å²) in [5, 5.41) is 10.4. The van der Waals surface area contributed by atoms with E-state index in [9.17, 15) is 9.90 Å². The molecule has 19 heavy (non-hydrogen) atoms. The van der Waals surface area contributed by atoms with Gasteiger partial charge in [0, 0.05) is 6.54 Å². The zero-order valence-corrected chi connectivity index (χ0v) is 11.5. The lowest BCUT2D eigenvalue weighted by atomic mass is 10.1. The van der Waals surface area contributed by atoms with E-state index in [1.807, 2.05) is 30.1 Å². The number of nitrogens with one attached hydrogen (secondary N) is 1. The van der Waals surface area contributed by atoms with Gasteiger partial charge in [-0.2, -0.15) is 0 Å². The molecule has 0 aliphatic carbocycles. The molecule has 0 fully saturated rings. The normalized spacial score (nSPS) is 12.3. The van der Waals surface area contributed by atoms with Crippen LogP contribution in [0.25, 0.3) is 10.9 Å². The number of rotatable bonds is 4. The number of nitrogens with zero attached hydrogens (tertiary/aromatic N) is 2. The Morgan fingerprint density at radius 1 is 1.37 bits per heavy atom. The van der Waals surface area contributed by atoms with E-state index >= 15 is 0 Å². The first kappa shape index (κ1) is 13.7. The number of H-pyrrole nitrogens is 1. The molecule has 0 spiro atoms. The number of aliphatic hydroxyl groups is 1. The summed E-state index contributed by atoms with van der Waals surface area (Å²) in [6.07, 6.45) is 0. The number of hydrogen-bond donors (Lipinski definition) is 2. The van der Waals surface area contributed by atoms with Crippen molar-refractivity contribution in [1.29, 1.82) is 0 Å². The molecule has 2 N–H and O–H groups in total. The summed E-state index contributed by atoms with van der Waals surface area (Å²) in [6, 6.07) is 7.26. The van der Waals surface area contributed by atoms with Crippen molar-refractivity contribution in [3.05, 3.63) is 40.4 Å². The van der Waals surface area contributed by atoms with Gasteiger partial charge >= 0.3 is 0 Å². The van der Waals surface area contributed by atoms with Gasteiger partial charge in [-0.3, -0.25) is 9.69 Å². The average molecular weight is 261 g/mol. The Kier molecular flexibility index (Phi) is 3.68. The van der Waals surface area contributed by atoms with E-state index in [2.05, 4.69) is 9.97 Å². The van der Waals surface area contributed by atoms with Crippen LogP contribution in [0.1, 0.15) is 19.7 Å². The highest BCUT2D eigenvalue weighted by atomic mass is 16.3. The van der Waals surface area contributed by atoms with Crippen LogP contribution in [0, 0.1) is 0 Å². The molecule has 0 aliphatic rings. The average Bonchev–Trinajstić information content (AvgIpc) is 2.26. The molecule has 0 bridgehead atoms. The lowest BCUT2D eigenvalue weighted by Gasteiger charge is -2.24. The fraction of sp³-hybridized carbons (Fsp3) is 0.429. The maximum absolute atomic E-state index is 11.9. The van der Waals surface area contributed by atoms with Gasteiger partial charge in [0.1, 0.15) is 5.82 Å². The van der Waals surface area contributed by atoms with Crippen molar-refractivity contribution in [3.63, 3.8) is 0 Å². The Balaban J connectivity index is 2.24. The van der Waals surface area contributed by atoms with Crippen LogP contribution in [-0.4, -0.2) is 39.2 Å². The molecule has 0 amide bonds. The van der Waals surface area contributed by atoms with Gasteiger partial charge in [0.25, 0.3) is 5.56 Å². The summed E-state index contributed by atoms with van der Waals surface area (Å²) in [5.41, 5.74) is -0.207. The van der Waals surface area contributed by atoms with Gasteiger partial charge in [0.15, 0.2) is 0 Å². The van der Waals surface area contributed by atoms with E-state index in [1.165, 1.54) is 0 Å². The molecule has 0 saturated carbocycles. The first-order chi connectivity index (χ1) is 8.85. The van der Waals surface area contributed by atoms with Crippen molar-refractivity contribution in [3.8, 4) is 0 Å². The third-order valence-electron chi connectivity index (χ3n) is 2.74. The van der Waals surface area contributed by atoms with Crippen molar-refractivity contribution < 1.29 is 5.11 Å². The van der Waals surface area contributed by atoms with Crippen LogP contribution in [0.3, 0.4) is 0 Å². The Morgan fingerprint density at radius 3 is 2.74 bits per heavy atom. The third-order valence-corrected chi connectivity index (χ3v) is 2.74. The summed E-state index contributed by atoms with van der Waals surface area (Å²) < 4.78 is 0. The van der Waals surface area contributed by atoms with Gasteiger partial charge in [-0.1, -0.05) is 12.1 Å². The number of benzene rings is 1. The molecule has 5 nitrogen and oxygen atoms in total. The van der Waals surface area contributed by atoms with Crippen molar-refractivity contribution in [2.75, 3.05) is 13.6 Å². The minimum atomic E-state index is -0.772. The summed E-state index contributed by atoms with van der Waals surface area (Å²) >= 11 is 0. The highest BCUT2D eigenvalue weighted by molar-refractivity contribution is 5.77. The van der Waals surface area contributed by atoms with Crippen molar-refractivity contribution in [2.45, 2.75) is 26.0 Å². The molecule has 5 heteroatoms. The lowest BCUT2D eigenvalue weighted by Crippen LogP contribution is -2.36. The van der Waals surface area contributed by atoms with E-state index < -0.39 is 5.60 Å². The minimum Gasteiger partial charge on any atom is -0.389 e. The van der Waals surface area contributed by atoms with E-state index in [-0.39, 0.29) is 5.56 Å². The number of likely N-dealkylation sites (N-methyl/N-ethyl adjacent to an activating group) is 1. The highest BCUT2D eigenvalue weighted by Gasteiger charge is 2.16. The zero-order chi connectivity index (χ0) is 14.0. The minimum absolute atomic E-state index is 0.128. The SMILES string of the molecule is CN(Cc1nc2ccccc2c(=O)[nH]1)CC(C)(C)O. The molecule has 2 aromatic rings. The zero-order valence-electron chi connectivity index (χ0n) is 11.5. The quantitative estimate of drug-likeness (QED) is 0.865. The largest absolute Gasteiger partial charge is 0.389 e. The molecule has 1 aromatic heterocycles. The third kappa shape index (κ3) is 3.62. The molecular formula is C14H19N3O2. The van der Waals surface area contributed by atoms with Crippen LogP contribution in [-0.2, 0) is 6.54 Å². The van der Waals surface area contributed by atoms with Crippen molar-refractivity contribution in [1.82, 2.24) is 14.9 Å². The molecule has 0 unspecified atom stereocenters. The van der Waals surface area contributed by atoms with Crippen LogP contribution < -0.4 is 5.56 Å². The summed E-state index contributed by atoms with van der Waals surface area (Å²) in [5.74, 6) is 0.607. The maximum atomic E-state index is 11.9. The second-order valence-electron chi connectivity index (χ2n) is 5.51. The fourth-order valence-electron chi connectivity index (χ4n) is 2.18. The molecular weight excluding hydrogens is 242 g/mol. The van der Waals surface area contributed by atoms with Gasteiger partial charge in [-0.25, -0.2) is 4.98 Å². The molecule has 102 valence electrons. The second kappa shape index (κ2) is 5.11. The number of aromatic nitrogens is 2. The fourth-order valence-corrected chi connectivity index (χ4v) is 2.18. The Morgan fingerprint density at radius 2 is 2.05 bits per heavy atom. The van der Waals surface area contributed by atoms with E-state index in [0.29, 0.717) is 29.8 Å². The summed E-state index contributed by atoms with van der Waals surface area (Å²) in [6.45, 7) is 4.49. The van der Waals surface area contributed by atoms with Crippen LogP contribution in [0.15, 0.2) is 29.1 Å². The van der Waals surface area contributed by atoms with E-state index in [0.717, 1.165) is 0 Å². The Bertz CT molecular complexity index is 628. The van der Waals surface area contributed by atoms with Crippen LogP contribution in [0.4, 0.5) is 0 Å². The molecule has 1 aromatic carbocycles. The lowest BCUT2D eigenvalue weighted by molar-refractivity contribution is 0.0418. The smallest absolute Gasteiger partial charge is 0.258 e. The summed E-state index contributed by atoms with van der Waals surface area (Å²) in [4.78, 5) is 21.0. The van der Waals surface area contributed by atoms with Crippen LogP contribution in [0.5, 0.6) is 0 Å². The van der Waals surface area contributed by atoms with Crippen LogP contribution >= 0.6 is 0 Å². The number of hydrogen-bond acceptors (Lipinski definition) is 4. The van der Waals surface area contributed by atoms with Crippen molar-refractivity contribution in [2.24, 2.45) is 0 Å². The highest BCUT2D eigenvalue weighted by Crippen LogP contribution is 2.08. The number of fused-ring (bicyclic) bond motifs is 1. The number of aromatic amines is 1. The molecule has 1 heterocycles. The maximum Gasteiger partial charge on any atom is 0.258 e. The van der Waals surface area contributed by atoms with Gasteiger partial charge in [-0.15, -0.1) is 0 Å². The first-order valence-electron chi connectivity index (χ1n) is 6.24. The van der Waals surface area contributed by atoms with E-state index in [1.54, 1.807) is 19.9 Å². The monoisotopic (exact) mass is 261 g/mol. The van der Waals surface area contributed by atoms with Gasteiger partial charge in [-0.05, 0) is 33.0 Å². The topological polar surface area (TPSA) is 69.2 Å². The predicted molar refractivity (Wildman–Crippen MR) is 75.0 cm³/mol. The predicted octanol–water partition coefficient (Wildman–Crippen LogP) is 1.13. The van der Waals surface area contributed by atoms with E-state index in [4.69, 9.17) is 0 Å².